The molecule has 116 valence electrons. The molecular weight excluding hydrogens is 272 g/mol. The zero-order chi connectivity index (χ0) is 15.2. The number of nitrogens with zero attached hydrogens (tertiary/aromatic N) is 2. The second kappa shape index (κ2) is 7.52. The number of aromatic nitrogens is 1. The van der Waals surface area contributed by atoms with Crippen molar-refractivity contribution >= 4 is 0 Å². The lowest BCUT2D eigenvalue weighted by molar-refractivity contribution is 0.152. The van der Waals surface area contributed by atoms with Crippen molar-refractivity contribution in [2.45, 2.75) is 38.3 Å². The normalized spacial score (nSPS) is 17.5. The summed E-state index contributed by atoms with van der Waals surface area (Å²) in [5.41, 5.74) is 4.25. The van der Waals surface area contributed by atoms with E-state index in [0.29, 0.717) is 6.04 Å². The Morgan fingerprint density at radius 3 is 2.77 bits per heavy atom. The number of aryl methyl sites for hydroxylation is 1. The van der Waals surface area contributed by atoms with Gasteiger partial charge in [-0.05, 0) is 54.5 Å². The van der Waals surface area contributed by atoms with Crippen molar-refractivity contribution < 1.29 is 5.11 Å². The highest BCUT2D eigenvalue weighted by Gasteiger charge is 2.25. The summed E-state index contributed by atoms with van der Waals surface area (Å²) < 4.78 is 0. The summed E-state index contributed by atoms with van der Waals surface area (Å²) in [6.07, 6.45) is 8.17. The molecule has 0 saturated carbocycles. The van der Waals surface area contributed by atoms with E-state index in [1.807, 2.05) is 12.4 Å². The highest BCUT2D eigenvalue weighted by molar-refractivity contribution is 5.32. The summed E-state index contributed by atoms with van der Waals surface area (Å²) >= 11 is 0. The van der Waals surface area contributed by atoms with Gasteiger partial charge in [-0.25, -0.2) is 0 Å². The van der Waals surface area contributed by atoms with E-state index in [1.165, 1.54) is 36.0 Å². The van der Waals surface area contributed by atoms with Crippen molar-refractivity contribution in [3.8, 4) is 0 Å². The molecule has 0 bridgehead atoms. The molecule has 0 aliphatic heterocycles. The lowest BCUT2D eigenvalue weighted by Gasteiger charge is -2.36. The van der Waals surface area contributed by atoms with Gasteiger partial charge in [0.2, 0.25) is 0 Å². The van der Waals surface area contributed by atoms with Gasteiger partial charge < -0.3 is 5.11 Å². The van der Waals surface area contributed by atoms with Crippen LogP contribution < -0.4 is 0 Å². The monoisotopic (exact) mass is 296 g/mol. The zero-order valence-electron chi connectivity index (χ0n) is 13.0. The van der Waals surface area contributed by atoms with Gasteiger partial charge in [-0.3, -0.25) is 9.88 Å². The van der Waals surface area contributed by atoms with Gasteiger partial charge in [-0.15, -0.1) is 0 Å². The molecule has 0 fully saturated rings. The molecule has 2 aromatic rings. The molecule has 0 unspecified atom stereocenters. The van der Waals surface area contributed by atoms with Gasteiger partial charge in [0, 0.05) is 38.1 Å². The van der Waals surface area contributed by atoms with Crippen LogP contribution >= 0.6 is 0 Å². The molecular formula is C19H24N2O. The third-order valence-electron chi connectivity index (χ3n) is 4.52. The van der Waals surface area contributed by atoms with Gasteiger partial charge in [-0.1, -0.05) is 24.3 Å². The van der Waals surface area contributed by atoms with Crippen LogP contribution in [-0.2, 0) is 13.0 Å². The number of aliphatic hydroxyl groups is 1. The van der Waals surface area contributed by atoms with E-state index in [1.54, 1.807) is 0 Å². The van der Waals surface area contributed by atoms with Crippen LogP contribution in [0.2, 0.25) is 0 Å². The molecule has 1 aliphatic carbocycles. The highest BCUT2D eigenvalue weighted by Crippen LogP contribution is 2.35. The minimum Gasteiger partial charge on any atom is -0.396 e. The van der Waals surface area contributed by atoms with Crippen LogP contribution in [-0.4, -0.2) is 28.1 Å². The summed E-state index contributed by atoms with van der Waals surface area (Å²) in [5, 5.41) is 9.24. The van der Waals surface area contributed by atoms with Gasteiger partial charge in [-0.2, -0.15) is 0 Å². The number of benzene rings is 1. The molecule has 3 nitrogen and oxygen atoms in total. The van der Waals surface area contributed by atoms with Gasteiger partial charge in [0.15, 0.2) is 0 Å². The summed E-state index contributed by atoms with van der Waals surface area (Å²) in [5.74, 6) is 0. The summed E-state index contributed by atoms with van der Waals surface area (Å²) in [6.45, 7) is 2.10. The number of hydrogen-bond donors (Lipinski definition) is 1. The predicted octanol–water partition coefficient (Wildman–Crippen LogP) is 3.34. The molecule has 3 rings (SSSR count). The van der Waals surface area contributed by atoms with E-state index in [9.17, 15) is 5.11 Å². The van der Waals surface area contributed by atoms with Crippen molar-refractivity contribution in [2.24, 2.45) is 0 Å². The Balaban J connectivity index is 1.83. The maximum atomic E-state index is 9.24. The Morgan fingerprint density at radius 2 is 1.95 bits per heavy atom. The summed E-state index contributed by atoms with van der Waals surface area (Å²) in [4.78, 5) is 6.62. The fourth-order valence-corrected chi connectivity index (χ4v) is 3.45. The van der Waals surface area contributed by atoms with Crippen LogP contribution in [0, 0.1) is 0 Å². The minimum absolute atomic E-state index is 0.251. The Morgan fingerprint density at radius 1 is 1.14 bits per heavy atom. The topological polar surface area (TPSA) is 36.4 Å². The van der Waals surface area contributed by atoms with Crippen molar-refractivity contribution in [2.75, 3.05) is 13.2 Å². The number of rotatable bonds is 6. The Labute approximate surface area is 132 Å². The quantitative estimate of drug-likeness (QED) is 0.888. The second-order valence-corrected chi connectivity index (χ2v) is 6.01. The van der Waals surface area contributed by atoms with E-state index in [2.05, 4.69) is 46.3 Å². The number of pyridine rings is 1. The average molecular weight is 296 g/mol. The molecule has 1 aromatic heterocycles. The lowest BCUT2D eigenvalue weighted by Crippen LogP contribution is -2.32. The molecule has 1 aromatic carbocycles. The van der Waals surface area contributed by atoms with E-state index < -0.39 is 0 Å². The smallest absolute Gasteiger partial charge is 0.0443 e. The fourth-order valence-electron chi connectivity index (χ4n) is 3.45. The summed E-state index contributed by atoms with van der Waals surface area (Å²) in [6, 6.07) is 13.5. The largest absolute Gasteiger partial charge is 0.396 e. The Kier molecular flexibility index (Phi) is 5.20. The van der Waals surface area contributed by atoms with Crippen LogP contribution in [0.4, 0.5) is 0 Å². The number of fused-ring (bicyclic) bond motifs is 1. The van der Waals surface area contributed by atoms with E-state index in [0.717, 1.165) is 19.5 Å². The second-order valence-electron chi connectivity index (χ2n) is 6.01. The first-order chi connectivity index (χ1) is 10.9. The Hall–Kier alpha value is -1.71. The highest BCUT2D eigenvalue weighted by atomic mass is 16.3. The van der Waals surface area contributed by atoms with Crippen LogP contribution in [0.25, 0.3) is 0 Å². The van der Waals surface area contributed by atoms with E-state index in [-0.39, 0.29) is 6.61 Å². The van der Waals surface area contributed by atoms with Gasteiger partial charge in [0.1, 0.15) is 0 Å². The maximum absolute atomic E-state index is 9.24. The van der Waals surface area contributed by atoms with Gasteiger partial charge in [0.25, 0.3) is 0 Å². The maximum Gasteiger partial charge on any atom is 0.0443 e. The number of hydrogen-bond acceptors (Lipinski definition) is 3. The van der Waals surface area contributed by atoms with E-state index >= 15 is 0 Å². The van der Waals surface area contributed by atoms with E-state index in [4.69, 9.17) is 0 Å². The molecule has 0 spiro atoms. The molecule has 1 atom stereocenters. The van der Waals surface area contributed by atoms with Crippen molar-refractivity contribution in [1.29, 1.82) is 0 Å². The first kappa shape index (κ1) is 15.2. The van der Waals surface area contributed by atoms with Gasteiger partial charge in [0.05, 0.1) is 0 Å². The van der Waals surface area contributed by atoms with Crippen molar-refractivity contribution in [3.63, 3.8) is 0 Å². The first-order valence-electron chi connectivity index (χ1n) is 8.20. The standard InChI is InChI=1S/C19H24N2O/c22-14-4-13-21(15-16-9-11-20-12-10-16)19-8-3-6-17-5-1-2-7-18(17)19/h1-2,5,7,9-12,19,22H,3-4,6,8,13-15H2/t19-/m1/s1. The van der Waals surface area contributed by atoms with Crippen LogP contribution in [0.5, 0.6) is 0 Å². The lowest BCUT2D eigenvalue weighted by atomic mass is 9.86. The average Bonchev–Trinajstić information content (AvgIpc) is 2.59. The molecule has 0 amide bonds. The third kappa shape index (κ3) is 3.54. The minimum atomic E-state index is 0.251. The summed E-state index contributed by atoms with van der Waals surface area (Å²) in [7, 11) is 0. The Bertz CT molecular complexity index is 585. The molecule has 1 heterocycles. The van der Waals surface area contributed by atoms with Crippen molar-refractivity contribution in [3.05, 3.63) is 65.5 Å². The predicted molar refractivity (Wildman–Crippen MR) is 88.5 cm³/mol. The van der Waals surface area contributed by atoms with Crippen LogP contribution in [0.3, 0.4) is 0 Å². The molecule has 0 radical (unpaired) electrons. The number of aliphatic hydroxyl groups excluding tert-OH is 1. The fraction of sp³-hybridized carbons (Fsp3) is 0.421. The van der Waals surface area contributed by atoms with Crippen LogP contribution in [0.15, 0.2) is 48.8 Å². The molecule has 1 N–H and O–H groups in total. The molecule has 0 saturated heterocycles. The van der Waals surface area contributed by atoms with Crippen LogP contribution in [0.1, 0.15) is 42.0 Å². The molecule has 22 heavy (non-hydrogen) atoms. The first-order valence-corrected chi connectivity index (χ1v) is 8.20. The SMILES string of the molecule is OCCCN(Cc1ccncc1)[C@@H]1CCCc2ccccc21. The van der Waals surface area contributed by atoms with Crippen molar-refractivity contribution in [1.82, 2.24) is 9.88 Å². The molecule has 3 heteroatoms. The zero-order valence-corrected chi connectivity index (χ0v) is 13.0. The van der Waals surface area contributed by atoms with Gasteiger partial charge >= 0.3 is 0 Å². The molecule has 1 aliphatic rings. The third-order valence-corrected chi connectivity index (χ3v) is 4.52.